The van der Waals surface area contributed by atoms with Crippen molar-refractivity contribution in [2.75, 3.05) is 13.2 Å². The Morgan fingerprint density at radius 1 is 1.21 bits per heavy atom. The van der Waals surface area contributed by atoms with E-state index in [0.29, 0.717) is 28.2 Å². The molecule has 0 bridgehead atoms. The summed E-state index contributed by atoms with van der Waals surface area (Å²) in [7, 11) is 0. The lowest BCUT2D eigenvalue weighted by Crippen LogP contribution is -2.01. The van der Waals surface area contributed by atoms with E-state index in [1.165, 1.54) is 0 Å². The van der Waals surface area contributed by atoms with E-state index in [4.69, 9.17) is 39.1 Å². The zero-order valence-electron chi connectivity index (χ0n) is 13.5. The summed E-state index contributed by atoms with van der Waals surface area (Å²) in [6, 6.07) is 9.14. The average Bonchev–Trinajstić information content (AvgIpc) is 2.56. The molecule has 0 aliphatic carbocycles. The zero-order chi connectivity index (χ0) is 17.5. The minimum atomic E-state index is 0.120. The first-order chi connectivity index (χ1) is 11.6. The fourth-order valence-electron chi connectivity index (χ4n) is 2.06. The fraction of sp³-hybridized carbons (Fsp3) is 0.211. The van der Waals surface area contributed by atoms with Gasteiger partial charge in [-0.15, -0.1) is 6.42 Å². The fourth-order valence-corrected chi connectivity index (χ4v) is 2.50. The second-order valence-corrected chi connectivity index (χ2v) is 5.71. The topological polar surface area (TPSA) is 30.8 Å². The predicted molar refractivity (Wildman–Crippen MR) is 100 cm³/mol. The second kappa shape index (κ2) is 8.63. The van der Waals surface area contributed by atoms with Crippen LogP contribution < -0.4 is 9.47 Å². The Morgan fingerprint density at radius 2 is 2.00 bits per heavy atom. The summed E-state index contributed by atoms with van der Waals surface area (Å²) in [5.41, 5.74) is 2.50. The predicted octanol–water partition coefficient (Wildman–Crippen LogP) is 5.46. The van der Waals surface area contributed by atoms with Gasteiger partial charge >= 0.3 is 0 Å². The summed E-state index contributed by atoms with van der Waals surface area (Å²) in [5, 5.41) is 1.09. The van der Waals surface area contributed by atoms with Crippen LogP contribution in [0.2, 0.25) is 10.0 Å². The first-order valence-electron chi connectivity index (χ1n) is 7.38. The van der Waals surface area contributed by atoms with Crippen LogP contribution in [-0.4, -0.2) is 19.4 Å². The molecule has 0 spiro atoms. The Balaban J connectivity index is 2.35. The molecule has 0 aliphatic rings. The molecule has 5 heteroatoms. The summed E-state index contributed by atoms with van der Waals surface area (Å²) in [6.45, 7) is 4.41. The summed E-state index contributed by atoms with van der Waals surface area (Å²) in [6.07, 6.45) is 6.93. The molecule has 0 aliphatic heterocycles. The molecule has 0 fully saturated rings. The summed E-state index contributed by atoms with van der Waals surface area (Å²) in [4.78, 5) is 4.47. The SMILES string of the molecule is C#CCOc1c(Cl)cc(C=Nc2cccc(Cl)c2C)cc1OCC. The van der Waals surface area contributed by atoms with Gasteiger partial charge in [0.2, 0.25) is 0 Å². The summed E-state index contributed by atoms with van der Waals surface area (Å²) in [5.74, 6) is 3.38. The summed E-state index contributed by atoms with van der Waals surface area (Å²) < 4.78 is 11.1. The van der Waals surface area contributed by atoms with Crippen LogP contribution in [0.15, 0.2) is 35.3 Å². The normalized spacial score (nSPS) is 10.6. The monoisotopic (exact) mass is 361 g/mol. The molecule has 0 aromatic heterocycles. The number of hydrogen-bond donors (Lipinski definition) is 0. The maximum Gasteiger partial charge on any atom is 0.181 e. The lowest BCUT2D eigenvalue weighted by molar-refractivity contribution is 0.299. The van der Waals surface area contributed by atoms with Gasteiger partial charge in [0.15, 0.2) is 11.5 Å². The quantitative estimate of drug-likeness (QED) is 0.504. The van der Waals surface area contributed by atoms with Crippen LogP contribution in [0, 0.1) is 19.3 Å². The molecule has 0 unspecified atom stereocenters. The highest BCUT2D eigenvalue weighted by atomic mass is 35.5. The van der Waals surface area contributed by atoms with Crippen molar-refractivity contribution in [3.8, 4) is 23.8 Å². The number of nitrogens with zero attached hydrogens (tertiary/aromatic N) is 1. The molecule has 0 amide bonds. The van der Waals surface area contributed by atoms with Crippen molar-refractivity contribution in [1.29, 1.82) is 0 Å². The van der Waals surface area contributed by atoms with E-state index < -0.39 is 0 Å². The van der Waals surface area contributed by atoms with Gasteiger partial charge in [-0.25, -0.2) is 0 Å². The van der Waals surface area contributed by atoms with Gasteiger partial charge in [-0.1, -0.05) is 35.2 Å². The van der Waals surface area contributed by atoms with Gasteiger partial charge in [-0.2, -0.15) is 0 Å². The lowest BCUT2D eigenvalue weighted by Gasteiger charge is -2.13. The minimum absolute atomic E-state index is 0.120. The highest BCUT2D eigenvalue weighted by molar-refractivity contribution is 6.32. The van der Waals surface area contributed by atoms with Gasteiger partial charge in [0.05, 0.1) is 17.3 Å². The lowest BCUT2D eigenvalue weighted by atomic mass is 10.2. The van der Waals surface area contributed by atoms with Gasteiger partial charge in [0, 0.05) is 11.2 Å². The van der Waals surface area contributed by atoms with E-state index in [-0.39, 0.29) is 6.61 Å². The van der Waals surface area contributed by atoms with E-state index in [1.54, 1.807) is 12.3 Å². The smallest absolute Gasteiger partial charge is 0.181 e. The van der Waals surface area contributed by atoms with Crippen LogP contribution in [-0.2, 0) is 0 Å². The highest BCUT2D eigenvalue weighted by Crippen LogP contribution is 2.36. The van der Waals surface area contributed by atoms with E-state index in [1.807, 2.05) is 38.1 Å². The van der Waals surface area contributed by atoms with Crippen molar-refractivity contribution in [2.45, 2.75) is 13.8 Å². The molecule has 0 saturated heterocycles. The van der Waals surface area contributed by atoms with Crippen LogP contribution >= 0.6 is 23.2 Å². The molecule has 2 aromatic rings. The van der Waals surface area contributed by atoms with E-state index >= 15 is 0 Å². The molecule has 0 heterocycles. The van der Waals surface area contributed by atoms with E-state index in [0.717, 1.165) is 16.8 Å². The van der Waals surface area contributed by atoms with Crippen molar-refractivity contribution >= 4 is 35.1 Å². The third-order valence-electron chi connectivity index (χ3n) is 3.22. The van der Waals surface area contributed by atoms with Crippen molar-refractivity contribution in [2.24, 2.45) is 4.99 Å². The van der Waals surface area contributed by atoms with E-state index in [2.05, 4.69) is 10.9 Å². The zero-order valence-corrected chi connectivity index (χ0v) is 15.0. The van der Waals surface area contributed by atoms with Crippen molar-refractivity contribution in [3.05, 3.63) is 51.5 Å². The molecule has 2 rings (SSSR count). The average molecular weight is 362 g/mol. The molecule has 124 valence electrons. The molecule has 2 aromatic carbocycles. The van der Waals surface area contributed by atoms with Crippen LogP contribution in [0.3, 0.4) is 0 Å². The minimum Gasteiger partial charge on any atom is -0.490 e. The van der Waals surface area contributed by atoms with E-state index in [9.17, 15) is 0 Å². The first-order valence-corrected chi connectivity index (χ1v) is 8.14. The van der Waals surface area contributed by atoms with Crippen LogP contribution in [0.5, 0.6) is 11.5 Å². The van der Waals surface area contributed by atoms with Crippen molar-refractivity contribution < 1.29 is 9.47 Å². The molecule has 24 heavy (non-hydrogen) atoms. The number of rotatable bonds is 6. The van der Waals surface area contributed by atoms with Crippen molar-refractivity contribution in [3.63, 3.8) is 0 Å². The molecule has 3 nitrogen and oxygen atoms in total. The third-order valence-corrected chi connectivity index (χ3v) is 3.91. The maximum atomic E-state index is 6.29. The Kier molecular flexibility index (Phi) is 6.54. The maximum absolute atomic E-state index is 6.29. The standard InChI is InChI=1S/C19H17Cl2NO2/c1-4-9-24-19-16(21)10-14(11-18(19)23-5-2)12-22-17-8-6-7-15(20)13(17)3/h1,6-8,10-12H,5,9H2,2-3H3. The van der Waals surface area contributed by atoms with Gasteiger partial charge < -0.3 is 9.47 Å². The van der Waals surface area contributed by atoms with Crippen LogP contribution in [0.25, 0.3) is 0 Å². The van der Waals surface area contributed by atoms with Crippen LogP contribution in [0.4, 0.5) is 5.69 Å². The summed E-state index contributed by atoms with van der Waals surface area (Å²) >= 11 is 12.4. The largest absolute Gasteiger partial charge is 0.490 e. The Labute approximate surface area is 152 Å². The Morgan fingerprint density at radius 3 is 2.71 bits per heavy atom. The highest BCUT2D eigenvalue weighted by Gasteiger charge is 2.12. The molecule has 0 atom stereocenters. The van der Waals surface area contributed by atoms with Crippen molar-refractivity contribution in [1.82, 2.24) is 0 Å². The number of hydrogen-bond acceptors (Lipinski definition) is 3. The van der Waals surface area contributed by atoms with Gasteiger partial charge in [0.1, 0.15) is 6.61 Å². The first kappa shape index (κ1) is 18.2. The molecule has 0 saturated carbocycles. The molecule has 0 radical (unpaired) electrons. The number of benzene rings is 2. The van der Waals surface area contributed by atoms with Gasteiger partial charge in [0.25, 0.3) is 0 Å². The number of ether oxygens (including phenoxy) is 2. The molecular weight excluding hydrogens is 345 g/mol. The van der Waals surface area contributed by atoms with Crippen LogP contribution in [0.1, 0.15) is 18.1 Å². The molecular formula is C19H17Cl2NO2. The Hall–Kier alpha value is -2.15. The number of halogens is 2. The Bertz CT molecular complexity index is 795. The number of aliphatic imine (C=N–C) groups is 1. The second-order valence-electron chi connectivity index (χ2n) is 4.90. The molecule has 0 N–H and O–H groups in total. The third kappa shape index (κ3) is 4.44. The van der Waals surface area contributed by atoms with Gasteiger partial charge in [-0.05, 0) is 49.2 Å². The number of terminal acetylenes is 1. The van der Waals surface area contributed by atoms with Gasteiger partial charge in [-0.3, -0.25) is 4.99 Å².